The Kier molecular flexibility index (Phi) is 10.7. The third kappa shape index (κ3) is 7.45. The topological polar surface area (TPSA) is 181 Å². The first-order valence-corrected chi connectivity index (χ1v) is 21.7. The number of sulfonamides is 2. The van der Waals surface area contributed by atoms with Crippen LogP contribution in [0.3, 0.4) is 0 Å². The molecule has 2 aliphatic heterocycles. The Labute approximate surface area is 336 Å². The van der Waals surface area contributed by atoms with Gasteiger partial charge in [0.15, 0.2) is 5.75 Å². The molecule has 0 saturated carbocycles. The molecule has 0 aliphatic carbocycles. The van der Waals surface area contributed by atoms with Crippen LogP contribution in [0.2, 0.25) is 0 Å². The number of hydrogen-bond acceptors (Lipinski definition) is 11. The quantitative estimate of drug-likeness (QED) is 0.198. The van der Waals surface area contributed by atoms with E-state index < -0.39 is 20.0 Å². The van der Waals surface area contributed by atoms with Crippen LogP contribution >= 0.6 is 0 Å². The smallest absolute Gasteiger partial charge is 0.255 e. The van der Waals surface area contributed by atoms with E-state index in [-0.39, 0.29) is 25.0 Å². The predicted octanol–water partition coefficient (Wildman–Crippen LogP) is 4.95. The first kappa shape index (κ1) is 39.9. The highest BCUT2D eigenvalue weighted by molar-refractivity contribution is 7.92. The summed E-state index contributed by atoms with van der Waals surface area (Å²) in [6.45, 7) is 3.08. The van der Waals surface area contributed by atoms with Crippen LogP contribution in [0.4, 0.5) is 11.4 Å². The maximum Gasteiger partial charge on any atom is 0.255 e. The largest absolute Gasteiger partial charge is 0.497 e. The molecule has 0 radical (unpaired) electrons. The second kappa shape index (κ2) is 15.5. The summed E-state index contributed by atoms with van der Waals surface area (Å²) in [6.07, 6.45) is 8.91. The fraction of sp³-hybridized carbons (Fsp3) is 0.244. The average molecular weight is 824 g/mol. The van der Waals surface area contributed by atoms with Crippen molar-refractivity contribution in [3.8, 4) is 11.5 Å². The molecule has 3 aromatic carbocycles. The van der Waals surface area contributed by atoms with Crippen LogP contribution in [-0.2, 0) is 46.3 Å². The molecule has 0 bridgehead atoms. The predicted molar refractivity (Wildman–Crippen MR) is 221 cm³/mol. The van der Waals surface area contributed by atoms with Crippen molar-refractivity contribution in [2.75, 3.05) is 42.3 Å². The van der Waals surface area contributed by atoms with Crippen LogP contribution < -0.4 is 23.4 Å². The van der Waals surface area contributed by atoms with E-state index in [1.54, 1.807) is 55.0 Å². The van der Waals surface area contributed by atoms with Gasteiger partial charge < -0.3 is 19.7 Å². The summed E-state index contributed by atoms with van der Waals surface area (Å²) in [4.78, 5) is 40.4. The minimum absolute atomic E-state index is 0.111. The van der Waals surface area contributed by atoms with Gasteiger partial charge >= 0.3 is 0 Å². The van der Waals surface area contributed by atoms with Gasteiger partial charge in [0.25, 0.3) is 11.8 Å². The third-order valence-electron chi connectivity index (χ3n) is 10.3. The Morgan fingerprint density at radius 3 is 1.95 bits per heavy atom. The third-order valence-corrected chi connectivity index (χ3v) is 12.6. The van der Waals surface area contributed by atoms with E-state index in [9.17, 15) is 26.4 Å². The van der Waals surface area contributed by atoms with Crippen LogP contribution in [0.5, 0.6) is 11.5 Å². The molecule has 0 saturated heterocycles. The number of carbonyl (C=O) groups excluding carboxylic acids is 2. The van der Waals surface area contributed by atoms with Gasteiger partial charge in [-0.05, 0) is 72.1 Å². The molecule has 3 aromatic heterocycles. The van der Waals surface area contributed by atoms with Gasteiger partial charge in [-0.2, -0.15) is 0 Å². The van der Waals surface area contributed by atoms with E-state index in [1.807, 2.05) is 49.4 Å². The standard InChI is InChI=1S/C21H21N3O5S.C20H20N4O3S/c1-24(30(3,26)27)19-15-5-4-10-22-18(15)20(17-16(19)11-23-21(17)25)29-12-13-6-8-14(28-2)9-7-13;1-13-17-16(12-24(20(17)25)11-14-6-9-21-10-7-14)19(23(2)28(3,26)27)15-5-4-8-22-18(13)15/h4-10H,11-12H2,1-3H3,(H,23,25);4-10H,11-12H2,1-3H3. The number of nitrogens with zero attached hydrogens (tertiary/aromatic N) is 6. The van der Waals surface area contributed by atoms with Gasteiger partial charge in [-0.1, -0.05) is 12.1 Å². The van der Waals surface area contributed by atoms with Crippen LogP contribution in [0.1, 0.15) is 48.5 Å². The number of pyridine rings is 3. The number of aromatic nitrogens is 3. The number of amides is 2. The van der Waals surface area contributed by atoms with Gasteiger partial charge in [-0.3, -0.25) is 33.2 Å². The Bertz CT molecular complexity index is 2820. The van der Waals surface area contributed by atoms with Gasteiger partial charge in [0.1, 0.15) is 17.9 Å². The Morgan fingerprint density at radius 1 is 0.759 bits per heavy atom. The van der Waals surface area contributed by atoms with Crippen molar-refractivity contribution >= 4 is 65.0 Å². The second-order valence-electron chi connectivity index (χ2n) is 14.0. The molecule has 0 spiro atoms. The lowest BCUT2D eigenvalue weighted by molar-refractivity contribution is 0.0766. The number of carbonyl (C=O) groups is 2. The minimum Gasteiger partial charge on any atom is -0.497 e. The number of aryl methyl sites for hydroxylation is 1. The zero-order chi connectivity index (χ0) is 41.5. The lowest BCUT2D eigenvalue weighted by Crippen LogP contribution is -2.26. The molecule has 0 unspecified atom stereocenters. The normalized spacial score (nSPS) is 13.4. The Morgan fingerprint density at radius 2 is 1.34 bits per heavy atom. The van der Waals surface area contributed by atoms with Gasteiger partial charge in [-0.25, -0.2) is 16.8 Å². The molecule has 0 fully saturated rings. The number of ether oxygens (including phenoxy) is 2. The molecule has 6 aromatic rings. The molecule has 2 amide bonds. The molecular weight excluding hydrogens is 783 g/mol. The van der Waals surface area contributed by atoms with Crippen molar-refractivity contribution in [1.29, 1.82) is 0 Å². The molecule has 5 heterocycles. The minimum atomic E-state index is -3.55. The number of methoxy groups -OCH3 is 1. The van der Waals surface area contributed by atoms with Crippen molar-refractivity contribution in [2.45, 2.75) is 33.2 Å². The first-order valence-electron chi connectivity index (χ1n) is 18.0. The zero-order valence-corrected chi connectivity index (χ0v) is 34.3. The lowest BCUT2D eigenvalue weighted by Gasteiger charge is -2.23. The highest BCUT2D eigenvalue weighted by atomic mass is 32.2. The van der Waals surface area contributed by atoms with E-state index in [0.717, 1.165) is 45.9 Å². The van der Waals surface area contributed by atoms with E-state index in [4.69, 9.17) is 9.47 Å². The van der Waals surface area contributed by atoms with Crippen LogP contribution in [-0.4, -0.2) is 82.2 Å². The molecule has 58 heavy (non-hydrogen) atoms. The molecule has 17 heteroatoms. The highest BCUT2D eigenvalue weighted by Gasteiger charge is 2.36. The van der Waals surface area contributed by atoms with Crippen molar-refractivity contribution in [3.63, 3.8) is 0 Å². The summed E-state index contributed by atoms with van der Waals surface area (Å²) in [5, 5.41) is 4.10. The molecule has 8 rings (SSSR count). The number of rotatable bonds is 10. The summed E-state index contributed by atoms with van der Waals surface area (Å²) in [5.74, 6) is 0.654. The summed E-state index contributed by atoms with van der Waals surface area (Å²) in [5.41, 5.74) is 6.85. The Balaban J connectivity index is 0.000000177. The SMILES string of the molecule is COc1ccc(COc2c3c(c(N(C)S(C)(=O)=O)c4cccnc24)CNC3=O)cc1.Cc1c2c(c(N(C)S(C)(=O)=O)c3cccnc13)CN(Cc1ccncc1)C2=O. The highest BCUT2D eigenvalue weighted by Crippen LogP contribution is 2.44. The van der Waals surface area contributed by atoms with Crippen molar-refractivity contribution in [3.05, 3.63) is 124 Å². The van der Waals surface area contributed by atoms with E-state index >= 15 is 0 Å². The van der Waals surface area contributed by atoms with Gasteiger partial charge in [0.05, 0.1) is 47.6 Å². The summed E-state index contributed by atoms with van der Waals surface area (Å²) in [6, 6.07) is 18.3. The molecule has 1 N–H and O–H groups in total. The van der Waals surface area contributed by atoms with Crippen LogP contribution in [0.15, 0.2) is 85.5 Å². The van der Waals surface area contributed by atoms with Crippen molar-refractivity contribution in [1.82, 2.24) is 25.2 Å². The summed E-state index contributed by atoms with van der Waals surface area (Å²) >= 11 is 0. The second-order valence-corrected chi connectivity index (χ2v) is 18.0. The van der Waals surface area contributed by atoms with Crippen molar-refractivity contribution in [2.24, 2.45) is 0 Å². The lowest BCUT2D eigenvalue weighted by atomic mass is 9.97. The molecule has 15 nitrogen and oxygen atoms in total. The molecule has 2 aliphatic rings. The van der Waals surface area contributed by atoms with Gasteiger partial charge in [0.2, 0.25) is 20.0 Å². The molecular formula is C41H41N7O8S2. The monoisotopic (exact) mass is 823 g/mol. The molecule has 300 valence electrons. The maximum absolute atomic E-state index is 13.2. The van der Waals surface area contributed by atoms with Crippen molar-refractivity contribution < 1.29 is 35.9 Å². The van der Waals surface area contributed by atoms with Gasteiger partial charge in [0, 0.05) is 80.4 Å². The fourth-order valence-corrected chi connectivity index (χ4v) is 8.35. The Hall–Kier alpha value is -6.33. The number of nitrogens with one attached hydrogen (secondary N) is 1. The number of fused-ring (bicyclic) bond motifs is 4. The van der Waals surface area contributed by atoms with Crippen LogP contribution in [0, 0.1) is 6.92 Å². The van der Waals surface area contributed by atoms with Crippen LogP contribution in [0.25, 0.3) is 21.8 Å². The zero-order valence-electron chi connectivity index (χ0n) is 32.7. The summed E-state index contributed by atoms with van der Waals surface area (Å²) < 4.78 is 62.8. The fourth-order valence-electron chi connectivity index (χ4n) is 7.27. The summed E-state index contributed by atoms with van der Waals surface area (Å²) in [7, 11) is -2.47. The number of anilines is 2. The molecule has 0 atom stereocenters. The first-order chi connectivity index (χ1) is 27.6. The van der Waals surface area contributed by atoms with E-state index in [2.05, 4.69) is 20.3 Å². The maximum atomic E-state index is 13.2. The van der Waals surface area contributed by atoms with E-state index in [0.29, 0.717) is 63.3 Å². The van der Waals surface area contributed by atoms with Gasteiger partial charge in [-0.15, -0.1) is 0 Å². The average Bonchev–Trinajstić information content (AvgIpc) is 3.75. The number of benzene rings is 3. The number of hydrogen-bond donors (Lipinski definition) is 1. The van der Waals surface area contributed by atoms with E-state index in [1.165, 1.54) is 22.7 Å².